The van der Waals surface area contributed by atoms with Crippen molar-refractivity contribution >= 4 is 29.4 Å². The van der Waals surface area contributed by atoms with Crippen LogP contribution in [-0.2, 0) is 9.53 Å². The molecule has 2 aliphatic rings. The van der Waals surface area contributed by atoms with Gasteiger partial charge in [0.25, 0.3) is 0 Å². The highest BCUT2D eigenvalue weighted by Gasteiger charge is 2.38. The maximum atomic E-state index is 14.9. The summed E-state index contributed by atoms with van der Waals surface area (Å²) < 4.78 is 67.6. The van der Waals surface area contributed by atoms with Gasteiger partial charge in [-0.25, -0.2) is 37.1 Å². The number of aromatic carboxylic acids is 1. The largest absolute Gasteiger partial charge is 0.476 e. The number of esters is 1. The molecule has 1 aliphatic carbocycles. The Morgan fingerprint density at radius 3 is 2.52 bits per heavy atom. The van der Waals surface area contributed by atoms with Crippen molar-refractivity contribution in [2.75, 3.05) is 7.11 Å². The highest BCUT2D eigenvalue weighted by Crippen LogP contribution is 2.43. The second-order valence-electron chi connectivity index (χ2n) is 9.85. The number of oxazole rings is 1. The van der Waals surface area contributed by atoms with Gasteiger partial charge in [-0.2, -0.15) is 0 Å². The second kappa shape index (κ2) is 11.9. The number of amidine groups is 1. The van der Waals surface area contributed by atoms with Gasteiger partial charge in [0.1, 0.15) is 23.8 Å². The summed E-state index contributed by atoms with van der Waals surface area (Å²) in [5, 5.41) is 11.6. The van der Waals surface area contributed by atoms with Crippen LogP contribution in [0.5, 0.6) is 0 Å². The average molecular weight is 607 g/mol. The number of aromatic nitrogens is 2. The molecule has 42 heavy (non-hydrogen) atoms. The zero-order valence-corrected chi connectivity index (χ0v) is 22.7. The monoisotopic (exact) mass is 606 g/mol. The standard InChI is InChI=1S/C28H23ClF4N4O5/c1-41-28(40)19-22(12-3-2-4-13(6-5-12)26-35-18(11-42-26)27(38)39)36-25(24-17(32)9-14(30)10-34-24)37-23(19)15-7-8-16(31)21(33)20(15)29/h7-13,23H,2-6H2,1H3,(H,36,37)(H,38,39)/t12-,13-,23?/m1/s1. The molecule has 1 unspecified atom stereocenters. The number of methoxy groups -OCH3 is 1. The van der Waals surface area contributed by atoms with E-state index in [0.29, 0.717) is 38.2 Å². The molecule has 5 rings (SSSR count). The lowest BCUT2D eigenvalue weighted by atomic mass is 9.86. The van der Waals surface area contributed by atoms with Crippen LogP contribution in [0.2, 0.25) is 5.02 Å². The predicted octanol–water partition coefficient (Wildman–Crippen LogP) is 5.86. The van der Waals surface area contributed by atoms with Crippen molar-refractivity contribution in [2.24, 2.45) is 10.9 Å². The number of carbonyl (C=O) groups is 2. The van der Waals surface area contributed by atoms with Gasteiger partial charge < -0.3 is 19.6 Å². The fourth-order valence-electron chi connectivity index (χ4n) is 5.32. The molecule has 1 saturated carbocycles. The predicted molar refractivity (Wildman–Crippen MR) is 140 cm³/mol. The number of nitrogens with zero attached hydrogens (tertiary/aromatic N) is 3. The number of carboxylic acids is 1. The Bertz CT molecular complexity index is 1630. The number of pyridine rings is 1. The molecule has 1 aromatic carbocycles. The Morgan fingerprint density at radius 2 is 1.83 bits per heavy atom. The molecule has 9 nitrogen and oxygen atoms in total. The summed E-state index contributed by atoms with van der Waals surface area (Å²) in [7, 11) is 1.14. The van der Waals surface area contributed by atoms with E-state index < -0.39 is 52.2 Å². The second-order valence-corrected chi connectivity index (χ2v) is 10.2. The topological polar surface area (TPSA) is 127 Å². The van der Waals surface area contributed by atoms with Gasteiger partial charge in [-0.15, -0.1) is 0 Å². The number of halogens is 5. The van der Waals surface area contributed by atoms with E-state index in [2.05, 4.69) is 20.3 Å². The minimum atomic E-state index is -1.36. The lowest BCUT2D eigenvalue weighted by Gasteiger charge is -2.31. The molecule has 14 heteroatoms. The maximum absolute atomic E-state index is 14.9. The van der Waals surface area contributed by atoms with Gasteiger partial charge in [0.2, 0.25) is 0 Å². The summed E-state index contributed by atoms with van der Waals surface area (Å²) in [4.78, 5) is 36.8. The third kappa shape index (κ3) is 5.60. The van der Waals surface area contributed by atoms with Crippen molar-refractivity contribution in [1.29, 1.82) is 0 Å². The molecule has 0 radical (unpaired) electrons. The van der Waals surface area contributed by atoms with Gasteiger partial charge in [0, 0.05) is 23.2 Å². The van der Waals surface area contributed by atoms with Crippen molar-refractivity contribution < 1.29 is 41.4 Å². The Labute approximate surface area is 241 Å². The van der Waals surface area contributed by atoms with E-state index >= 15 is 0 Å². The first-order valence-corrected chi connectivity index (χ1v) is 13.3. The molecule has 0 spiro atoms. The number of benzene rings is 1. The van der Waals surface area contributed by atoms with Crippen LogP contribution < -0.4 is 5.32 Å². The highest BCUT2D eigenvalue weighted by molar-refractivity contribution is 6.31. The first-order chi connectivity index (χ1) is 20.1. The van der Waals surface area contributed by atoms with Crippen LogP contribution in [0.1, 0.15) is 71.7 Å². The Hall–Kier alpha value is -4.26. The van der Waals surface area contributed by atoms with E-state index in [1.165, 1.54) is 6.07 Å². The van der Waals surface area contributed by atoms with Gasteiger partial charge in [-0.1, -0.05) is 24.1 Å². The number of hydrogen-bond acceptors (Lipinski definition) is 8. The summed E-state index contributed by atoms with van der Waals surface area (Å²) in [6.45, 7) is 0. The van der Waals surface area contributed by atoms with Crippen molar-refractivity contribution in [2.45, 2.75) is 44.1 Å². The minimum absolute atomic E-state index is 0.0515. The summed E-state index contributed by atoms with van der Waals surface area (Å²) in [6.07, 6.45) is 4.50. The molecule has 3 aromatic rings. The van der Waals surface area contributed by atoms with E-state index in [-0.39, 0.29) is 45.9 Å². The summed E-state index contributed by atoms with van der Waals surface area (Å²) >= 11 is 6.18. The number of allylic oxidation sites excluding steroid dienone is 1. The first kappa shape index (κ1) is 29.2. The zero-order chi connectivity index (χ0) is 30.1. The van der Waals surface area contributed by atoms with Gasteiger partial charge in [0.05, 0.1) is 23.9 Å². The molecule has 1 aliphatic heterocycles. The first-order valence-electron chi connectivity index (χ1n) is 12.9. The molecule has 2 aromatic heterocycles. The van der Waals surface area contributed by atoms with Gasteiger partial charge in [0.15, 0.2) is 34.9 Å². The highest BCUT2D eigenvalue weighted by atomic mass is 35.5. The average Bonchev–Trinajstić information content (AvgIpc) is 3.34. The van der Waals surface area contributed by atoms with Gasteiger partial charge >= 0.3 is 11.9 Å². The third-order valence-corrected chi connectivity index (χ3v) is 7.72. The molecule has 0 amide bonds. The van der Waals surface area contributed by atoms with E-state index in [4.69, 9.17) is 20.8 Å². The fourth-order valence-corrected chi connectivity index (χ4v) is 5.58. The Kier molecular flexibility index (Phi) is 8.30. The summed E-state index contributed by atoms with van der Waals surface area (Å²) in [6, 6.07) is 1.25. The van der Waals surface area contributed by atoms with Gasteiger partial charge in [-0.3, -0.25) is 4.99 Å². The van der Waals surface area contributed by atoms with Crippen LogP contribution in [0, 0.1) is 29.2 Å². The molecule has 0 bridgehead atoms. The van der Waals surface area contributed by atoms with Crippen molar-refractivity contribution in [1.82, 2.24) is 15.3 Å². The molecule has 1 fully saturated rings. The number of carboxylic acid groups (broad SMARTS) is 1. The lowest BCUT2D eigenvalue weighted by molar-refractivity contribution is -0.136. The number of rotatable bonds is 6. The molecule has 220 valence electrons. The quantitative estimate of drug-likeness (QED) is 0.155. The Balaban J connectivity index is 1.59. The normalized spacial score (nSPS) is 20.9. The van der Waals surface area contributed by atoms with E-state index in [9.17, 15) is 32.3 Å². The van der Waals surface area contributed by atoms with Crippen LogP contribution in [0.3, 0.4) is 0 Å². The number of nitrogens with one attached hydrogen (secondary N) is 1. The Morgan fingerprint density at radius 1 is 1.10 bits per heavy atom. The number of aliphatic imine (C=N–C) groups is 1. The van der Waals surface area contributed by atoms with Crippen molar-refractivity contribution in [3.63, 3.8) is 0 Å². The van der Waals surface area contributed by atoms with E-state index in [1.54, 1.807) is 0 Å². The number of carbonyl (C=O) groups excluding carboxylic acids is 1. The fraction of sp³-hybridized carbons (Fsp3) is 0.321. The van der Waals surface area contributed by atoms with Crippen LogP contribution in [0.15, 0.2) is 51.3 Å². The van der Waals surface area contributed by atoms with E-state index in [1.807, 2.05) is 0 Å². The van der Waals surface area contributed by atoms with Crippen LogP contribution in [-0.4, -0.2) is 40.0 Å². The van der Waals surface area contributed by atoms with Crippen LogP contribution >= 0.6 is 11.6 Å². The van der Waals surface area contributed by atoms with Gasteiger partial charge in [-0.05, 0) is 37.7 Å². The lowest BCUT2D eigenvalue weighted by Crippen LogP contribution is -2.37. The number of ether oxygens (including phenoxy) is 1. The summed E-state index contributed by atoms with van der Waals surface area (Å²) in [5.74, 6) is -7.10. The molecule has 2 N–H and O–H groups in total. The summed E-state index contributed by atoms with van der Waals surface area (Å²) in [5.41, 5.74) is -0.431. The van der Waals surface area contributed by atoms with Crippen LogP contribution in [0.25, 0.3) is 0 Å². The van der Waals surface area contributed by atoms with Crippen molar-refractivity contribution in [3.05, 3.63) is 93.1 Å². The smallest absolute Gasteiger partial charge is 0.357 e. The minimum Gasteiger partial charge on any atom is -0.476 e. The maximum Gasteiger partial charge on any atom is 0.357 e. The number of hydrogen-bond donors (Lipinski definition) is 2. The molecular formula is C28H23ClF4N4O5. The third-order valence-electron chi connectivity index (χ3n) is 7.34. The van der Waals surface area contributed by atoms with E-state index in [0.717, 1.165) is 25.6 Å². The molecule has 3 heterocycles. The molecular weight excluding hydrogens is 584 g/mol. The zero-order valence-electron chi connectivity index (χ0n) is 22.0. The van der Waals surface area contributed by atoms with Crippen molar-refractivity contribution in [3.8, 4) is 0 Å². The SMILES string of the molecule is COC(=O)C1=C([C@@H]2CCC[C@@H](c3nc(C(=O)O)co3)CC2)NC(c2ncc(F)cc2F)=NC1c1ccc(F)c(F)c1Cl. The van der Waals surface area contributed by atoms with Crippen LogP contribution in [0.4, 0.5) is 17.6 Å². The molecule has 3 atom stereocenters. The molecule has 0 saturated heterocycles.